The van der Waals surface area contributed by atoms with Crippen LogP contribution in [0.5, 0.6) is 5.75 Å². The van der Waals surface area contributed by atoms with Crippen LogP contribution in [0.2, 0.25) is 5.02 Å². The van der Waals surface area contributed by atoms with Crippen molar-refractivity contribution in [3.8, 4) is 5.75 Å². The Hall–Kier alpha value is -1.85. The molecule has 0 atom stereocenters. The van der Waals surface area contributed by atoms with E-state index in [1.165, 1.54) is 12.1 Å². The van der Waals surface area contributed by atoms with Gasteiger partial charge in [0.15, 0.2) is 5.11 Å². The molecular weight excluding hydrogens is 311 g/mol. The predicted molar refractivity (Wildman–Crippen MR) is 89.0 cm³/mol. The second kappa shape index (κ2) is 6.74. The number of thiocarbonyl (C=S) groups is 1. The lowest BCUT2D eigenvalue weighted by molar-refractivity contribution is 0.417. The van der Waals surface area contributed by atoms with Gasteiger partial charge in [-0.1, -0.05) is 11.6 Å². The lowest BCUT2D eigenvalue weighted by Crippen LogP contribution is -2.20. The van der Waals surface area contributed by atoms with Gasteiger partial charge < -0.3 is 15.4 Å². The number of anilines is 2. The number of benzene rings is 2. The Kier molecular flexibility index (Phi) is 4.98. The van der Waals surface area contributed by atoms with Crippen molar-refractivity contribution < 1.29 is 9.13 Å². The lowest BCUT2D eigenvalue weighted by atomic mass is 10.2. The molecule has 2 rings (SSSR count). The molecular formula is C15H14ClFN2OS. The molecule has 0 bridgehead atoms. The van der Waals surface area contributed by atoms with E-state index in [2.05, 4.69) is 10.6 Å². The quantitative estimate of drug-likeness (QED) is 0.808. The number of hydrogen-bond donors (Lipinski definition) is 2. The number of halogens is 2. The average Bonchev–Trinajstić information content (AvgIpc) is 2.42. The van der Waals surface area contributed by atoms with E-state index >= 15 is 0 Å². The van der Waals surface area contributed by atoms with E-state index in [1.807, 2.05) is 0 Å². The van der Waals surface area contributed by atoms with E-state index < -0.39 is 0 Å². The van der Waals surface area contributed by atoms with E-state index in [0.717, 1.165) is 11.3 Å². The molecule has 0 fully saturated rings. The monoisotopic (exact) mass is 324 g/mol. The zero-order valence-electron chi connectivity index (χ0n) is 11.5. The van der Waals surface area contributed by atoms with Crippen molar-refractivity contribution in [3.05, 3.63) is 52.8 Å². The summed E-state index contributed by atoms with van der Waals surface area (Å²) in [5.41, 5.74) is 2.15. The summed E-state index contributed by atoms with van der Waals surface area (Å²) in [6.45, 7) is 1.80. The van der Waals surface area contributed by atoms with Crippen molar-refractivity contribution in [2.75, 3.05) is 17.7 Å². The van der Waals surface area contributed by atoms with Crippen molar-refractivity contribution >= 4 is 40.3 Å². The highest BCUT2D eigenvalue weighted by Gasteiger charge is 2.07. The minimum Gasteiger partial charge on any atom is -0.495 e. The summed E-state index contributed by atoms with van der Waals surface area (Å²) in [6.07, 6.45) is 0. The molecule has 0 aliphatic heterocycles. The molecule has 3 nitrogen and oxygen atoms in total. The molecule has 0 heterocycles. The summed E-state index contributed by atoms with van der Waals surface area (Å²) in [5.74, 6) is 0.341. The van der Waals surface area contributed by atoms with Crippen molar-refractivity contribution in [2.24, 2.45) is 0 Å². The van der Waals surface area contributed by atoms with Gasteiger partial charge in [-0.3, -0.25) is 0 Å². The number of nitrogens with one attached hydrogen (secondary N) is 2. The third-order valence-electron chi connectivity index (χ3n) is 2.85. The predicted octanol–water partition coefficient (Wildman–Crippen LogP) is 4.61. The highest BCUT2D eigenvalue weighted by Crippen LogP contribution is 2.28. The first-order valence-electron chi connectivity index (χ1n) is 6.17. The fourth-order valence-corrected chi connectivity index (χ4v) is 2.21. The first-order valence-corrected chi connectivity index (χ1v) is 6.96. The number of hydrogen-bond acceptors (Lipinski definition) is 2. The number of methoxy groups -OCH3 is 1. The van der Waals surface area contributed by atoms with Gasteiger partial charge in [0.1, 0.15) is 11.6 Å². The van der Waals surface area contributed by atoms with Crippen LogP contribution in [0, 0.1) is 12.7 Å². The fraction of sp³-hybridized carbons (Fsp3) is 0.133. The summed E-state index contributed by atoms with van der Waals surface area (Å²) < 4.78 is 18.3. The van der Waals surface area contributed by atoms with Gasteiger partial charge >= 0.3 is 0 Å². The molecule has 6 heteroatoms. The topological polar surface area (TPSA) is 33.3 Å². The minimum absolute atomic E-state index is 0.284. The Morgan fingerprint density at radius 2 is 1.86 bits per heavy atom. The van der Waals surface area contributed by atoms with Gasteiger partial charge in [-0.25, -0.2) is 4.39 Å². The summed E-state index contributed by atoms with van der Waals surface area (Å²) in [6, 6.07) is 9.63. The van der Waals surface area contributed by atoms with Gasteiger partial charge in [0.25, 0.3) is 0 Å². The van der Waals surface area contributed by atoms with Crippen LogP contribution in [0.15, 0.2) is 36.4 Å². The van der Waals surface area contributed by atoms with Crippen molar-refractivity contribution in [1.29, 1.82) is 0 Å². The van der Waals surface area contributed by atoms with Crippen LogP contribution >= 0.6 is 23.8 Å². The average molecular weight is 325 g/mol. The third kappa shape index (κ3) is 4.06. The summed E-state index contributed by atoms with van der Waals surface area (Å²) in [4.78, 5) is 0. The van der Waals surface area contributed by atoms with Crippen molar-refractivity contribution in [3.63, 3.8) is 0 Å². The molecule has 0 saturated heterocycles. The number of rotatable bonds is 3. The van der Waals surface area contributed by atoms with Gasteiger partial charge in [-0.2, -0.15) is 0 Å². The second-order valence-corrected chi connectivity index (χ2v) is 5.23. The van der Waals surface area contributed by atoms with Crippen LogP contribution in [0.3, 0.4) is 0 Å². The van der Waals surface area contributed by atoms with Crippen LogP contribution in [0.25, 0.3) is 0 Å². The molecule has 0 saturated carbocycles. The van der Waals surface area contributed by atoms with Gasteiger partial charge in [-0.05, 0) is 61.1 Å². The SMILES string of the molecule is COc1ccc(Cl)cc1NC(=S)Nc1ccc(F)cc1C. The van der Waals surface area contributed by atoms with E-state index in [0.29, 0.717) is 21.6 Å². The maximum Gasteiger partial charge on any atom is 0.175 e. The van der Waals surface area contributed by atoms with Crippen LogP contribution in [0.1, 0.15) is 5.56 Å². The van der Waals surface area contributed by atoms with E-state index in [9.17, 15) is 4.39 Å². The Labute approximate surface area is 133 Å². The molecule has 2 aromatic carbocycles. The molecule has 0 radical (unpaired) electrons. The van der Waals surface area contributed by atoms with Gasteiger partial charge in [0.05, 0.1) is 12.8 Å². The van der Waals surface area contributed by atoms with Gasteiger partial charge in [0, 0.05) is 10.7 Å². The summed E-state index contributed by atoms with van der Waals surface area (Å²) in [5, 5.41) is 6.96. The van der Waals surface area contributed by atoms with Gasteiger partial charge in [-0.15, -0.1) is 0 Å². The molecule has 0 unspecified atom stereocenters. The standard InChI is InChI=1S/C15H14ClFN2OS/c1-9-7-11(17)4-5-12(9)18-15(21)19-13-8-10(16)3-6-14(13)20-2/h3-8H,1-2H3,(H2,18,19,21). The van der Waals surface area contributed by atoms with Crippen LogP contribution in [0.4, 0.5) is 15.8 Å². The highest BCUT2D eigenvalue weighted by atomic mass is 35.5. The molecule has 0 aliphatic carbocycles. The molecule has 0 amide bonds. The Bertz CT molecular complexity index is 679. The molecule has 2 aromatic rings. The van der Waals surface area contributed by atoms with Crippen LogP contribution < -0.4 is 15.4 Å². The summed E-state index contributed by atoms with van der Waals surface area (Å²) in [7, 11) is 1.56. The Morgan fingerprint density at radius 3 is 2.52 bits per heavy atom. The number of aryl methyl sites for hydroxylation is 1. The summed E-state index contributed by atoms with van der Waals surface area (Å²) >= 11 is 11.2. The maximum absolute atomic E-state index is 13.1. The van der Waals surface area contributed by atoms with E-state index in [4.69, 9.17) is 28.6 Å². The molecule has 21 heavy (non-hydrogen) atoms. The largest absolute Gasteiger partial charge is 0.495 e. The van der Waals surface area contributed by atoms with Gasteiger partial charge in [0.2, 0.25) is 0 Å². The van der Waals surface area contributed by atoms with Crippen molar-refractivity contribution in [2.45, 2.75) is 6.92 Å². The maximum atomic E-state index is 13.1. The highest BCUT2D eigenvalue weighted by molar-refractivity contribution is 7.80. The minimum atomic E-state index is -0.284. The molecule has 0 aliphatic rings. The molecule has 0 spiro atoms. The van der Waals surface area contributed by atoms with Crippen molar-refractivity contribution in [1.82, 2.24) is 0 Å². The smallest absolute Gasteiger partial charge is 0.175 e. The second-order valence-electron chi connectivity index (χ2n) is 4.38. The fourth-order valence-electron chi connectivity index (χ4n) is 1.82. The number of ether oxygens (including phenoxy) is 1. The van der Waals surface area contributed by atoms with E-state index in [1.54, 1.807) is 38.3 Å². The molecule has 0 aromatic heterocycles. The first-order chi connectivity index (χ1) is 9.99. The van der Waals surface area contributed by atoms with Crippen LogP contribution in [-0.2, 0) is 0 Å². The zero-order valence-corrected chi connectivity index (χ0v) is 13.1. The molecule has 2 N–H and O–H groups in total. The lowest BCUT2D eigenvalue weighted by Gasteiger charge is -2.15. The van der Waals surface area contributed by atoms with Crippen LogP contribution in [-0.4, -0.2) is 12.2 Å². The zero-order chi connectivity index (χ0) is 15.4. The normalized spacial score (nSPS) is 10.1. The van der Waals surface area contributed by atoms with E-state index in [-0.39, 0.29) is 5.82 Å². The third-order valence-corrected chi connectivity index (χ3v) is 3.29. The molecule has 110 valence electrons. The Morgan fingerprint density at radius 1 is 1.14 bits per heavy atom. The first kappa shape index (κ1) is 15.5. The Balaban J connectivity index is 2.13.